The molecule has 0 saturated carbocycles. The molecule has 1 atom stereocenters. The molecule has 1 saturated heterocycles. The number of likely N-dealkylation sites (tertiary alicyclic amines) is 1. The third-order valence-corrected chi connectivity index (χ3v) is 5.53. The molecular formula is C24H25N5O3. The minimum Gasteiger partial charge on any atom is -0.457 e. The summed E-state index contributed by atoms with van der Waals surface area (Å²) >= 11 is 0. The number of nitrogens with zero attached hydrogens (tertiary/aromatic N) is 3. The number of para-hydroxylation sites is 1. The van der Waals surface area contributed by atoms with Gasteiger partial charge in [-0.2, -0.15) is 5.10 Å². The molecule has 3 aromatic rings. The Hall–Kier alpha value is -4.07. The van der Waals surface area contributed by atoms with E-state index in [9.17, 15) is 9.59 Å². The molecule has 1 aromatic heterocycles. The quantitative estimate of drug-likeness (QED) is 0.581. The molecule has 0 aliphatic carbocycles. The van der Waals surface area contributed by atoms with Crippen molar-refractivity contribution in [3.8, 4) is 22.8 Å². The zero-order chi connectivity index (χ0) is 22.7. The number of amides is 2. The van der Waals surface area contributed by atoms with Crippen LogP contribution in [-0.2, 0) is 4.79 Å². The fourth-order valence-corrected chi connectivity index (χ4v) is 3.96. The van der Waals surface area contributed by atoms with Gasteiger partial charge in [-0.1, -0.05) is 24.8 Å². The summed E-state index contributed by atoms with van der Waals surface area (Å²) < 4.78 is 7.45. The van der Waals surface area contributed by atoms with Crippen LogP contribution in [0, 0.1) is 0 Å². The van der Waals surface area contributed by atoms with Crippen LogP contribution in [0.4, 0.5) is 5.82 Å². The van der Waals surface area contributed by atoms with Gasteiger partial charge in [-0.25, -0.2) is 4.68 Å². The maximum absolute atomic E-state index is 12.2. The number of carbonyl (C=O) groups excluding carboxylic acids is 2. The Labute approximate surface area is 186 Å². The van der Waals surface area contributed by atoms with Gasteiger partial charge in [-0.05, 0) is 55.3 Å². The third kappa shape index (κ3) is 4.20. The predicted octanol–water partition coefficient (Wildman–Crippen LogP) is 3.37. The van der Waals surface area contributed by atoms with Crippen LogP contribution in [0.3, 0.4) is 0 Å². The number of nitrogen functional groups attached to an aromatic ring is 1. The Bertz CT molecular complexity index is 1140. The molecule has 32 heavy (non-hydrogen) atoms. The van der Waals surface area contributed by atoms with Crippen LogP contribution in [0.1, 0.15) is 29.2 Å². The molecule has 164 valence electrons. The zero-order valence-electron chi connectivity index (χ0n) is 17.6. The molecule has 1 aliphatic rings. The highest BCUT2D eigenvalue weighted by molar-refractivity contribution is 6.03. The second kappa shape index (κ2) is 8.97. The molecule has 4 rings (SSSR count). The van der Waals surface area contributed by atoms with Crippen molar-refractivity contribution < 1.29 is 14.3 Å². The summed E-state index contributed by atoms with van der Waals surface area (Å²) in [6, 6.07) is 16.5. The topological polar surface area (TPSA) is 116 Å². The van der Waals surface area contributed by atoms with Crippen molar-refractivity contribution in [2.24, 2.45) is 5.73 Å². The van der Waals surface area contributed by atoms with Gasteiger partial charge < -0.3 is 21.1 Å². The molecule has 4 N–H and O–H groups in total. The van der Waals surface area contributed by atoms with E-state index in [4.69, 9.17) is 16.2 Å². The van der Waals surface area contributed by atoms with E-state index >= 15 is 0 Å². The normalized spacial score (nSPS) is 15.9. The van der Waals surface area contributed by atoms with E-state index in [1.165, 1.54) is 6.08 Å². The van der Waals surface area contributed by atoms with Gasteiger partial charge in [0.15, 0.2) is 0 Å². The number of anilines is 1. The predicted molar refractivity (Wildman–Crippen MR) is 122 cm³/mol. The van der Waals surface area contributed by atoms with Crippen molar-refractivity contribution in [1.29, 1.82) is 0 Å². The smallest absolute Gasteiger partial charge is 0.254 e. The van der Waals surface area contributed by atoms with Crippen molar-refractivity contribution >= 4 is 17.6 Å². The number of nitrogens with two attached hydrogens (primary N) is 2. The first-order valence-corrected chi connectivity index (χ1v) is 10.4. The number of piperidine rings is 1. The molecule has 2 aromatic carbocycles. The lowest BCUT2D eigenvalue weighted by atomic mass is 10.1. The molecule has 0 radical (unpaired) electrons. The monoisotopic (exact) mass is 431 g/mol. The average Bonchev–Trinajstić information content (AvgIpc) is 3.17. The zero-order valence-corrected chi connectivity index (χ0v) is 17.6. The Balaban J connectivity index is 1.63. The molecule has 8 nitrogen and oxygen atoms in total. The minimum absolute atomic E-state index is 0.134. The maximum atomic E-state index is 12.2. The van der Waals surface area contributed by atoms with Crippen LogP contribution in [0.5, 0.6) is 11.5 Å². The largest absolute Gasteiger partial charge is 0.457 e. The molecule has 0 spiro atoms. The van der Waals surface area contributed by atoms with E-state index in [1.54, 1.807) is 21.7 Å². The molecular weight excluding hydrogens is 406 g/mol. The summed E-state index contributed by atoms with van der Waals surface area (Å²) in [6.45, 7) is 4.65. The molecule has 1 fully saturated rings. The van der Waals surface area contributed by atoms with Crippen molar-refractivity contribution in [1.82, 2.24) is 14.7 Å². The Morgan fingerprint density at radius 1 is 1.09 bits per heavy atom. The summed E-state index contributed by atoms with van der Waals surface area (Å²) in [5, 5.41) is 4.64. The highest BCUT2D eigenvalue weighted by atomic mass is 16.5. The number of primary amides is 1. The van der Waals surface area contributed by atoms with E-state index in [0.29, 0.717) is 30.1 Å². The number of ether oxygens (including phenoxy) is 1. The van der Waals surface area contributed by atoms with Crippen LogP contribution in [0.2, 0.25) is 0 Å². The SMILES string of the molecule is C=CC(=O)N1CCCC(n2nc(-c3ccc(Oc4ccccc4)cc3)c(C(N)=O)c2N)C1. The number of hydrogen-bond donors (Lipinski definition) is 2. The maximum Gasteiger partial charge on any atom is 0.254 e. The van der Waals surface area contributed by atoms with Gasteiger partial charge in [0.05, 0.1) is 6.04 Å². The highest BCUT2D eigenvalue weighted by Crippen LogP contribution is 2.33. The fraction of sp³-hybridized carbons (Fsp3) is 0.208. The molecule has 2 amide bonds. The van der Waals surface area contributed by atoms with Crippen LogP contribution in [-0.4, -0.2) is 39.6 Å². The molecule has 0 bridgehead atoms. The Morgan fingerprint density at radius 3 is 2.44 bits per heavy atom. The van der Waals surface area contributed by atoms with Crippen LogP contribution < -0.4 is 16.2 Å². The van der Waals surface area contributed by atoms with Gasteiger partial charge in [0.2, 0.25) is 5.91 Å². The van der Waals surface area contributed by atoms with Crippen molar-refractivity contribution in [3.63, 3.8) is 0 Å². The van der Waals surface area contributed by atoms with Crippen molar-refractivity contribution in [3.05, 3.63) is 72.8 Å². The first-order valence-electron chi connectivity index (χ1n) is 10.4. The highest BCUT2D eigenvalue weighted by Gasteiger charge is 2.29. The molecule has 1 aliphatic heterocycles. The van der Waals surface area contributed by atoms with Crippen LogP contribution in [0.25, 0.3) is 11.3 Å². The van der Waals surface area contributed by atoms with Gasteiger partial charge in [-0.3, -0.25) is 9.59 Å². The van der Waals surface area contributed by atoms with Gasteiger partial charge in [0.1, 0.15) is 28.6 Å². The first kappa shape index (κ1) is 21.2. The second-order valence-electron chi connectivity index (χ2n) is 7.64. The molecule has 2 heterocycles. The number of carbonyl (C=O) groups is 2. The van der Waals surface area contributed by atoms with Crippen LogP contribution >= 0.6 is 0 Å². The fourth-order valence-electron chi connectivity index (χ4n) is 3.96. The second-order valence-corrected chi connectivity index (χ2v) is 7.64. The van der Waals surface area contributed by atoms with Crippen LogP contribution in [0.15, 0.2) is 67.3 Å². The Morgan fingerprint density at radius 2 is 1.78 bits per heavy atom. The third-order valence-electron chi connectivity index (χ3n) is 5.53. The molecule has 8 heteroatoms. The Kier molecular flexibility index (Phi) is 5.93. The number of benzene rings is 2. The summed E-state index contributed by atoms with van der Waals surface area (Å²) in [4.78, 5) is 26.0. The lowest BCUT2D eigenvalue weighted by Gasteiger charge is -2.32. The summed E-state index contributed by atoms with van der Waals surface area (Å²) in [6.07, 6.45) is 2.89. The lowest BCUT2D eigenvalue weighted by Crippen LogP contribution is -2.40. The summed E-state index contributed by atoms with van der Waals surface area (Å²) in [7, 11) is 0. The average molecular weight is 431 g/mol. The van der Waals surface area contributed by atoms with E-state index in [-0.39, 0.29) is 23.3 Å². The van der Waals surface area contributed by atoms with E-state index < -0.39 is 5.91 Å². The lowest BCUT2D eigenvalue weighted by molar-refractivity contribution is -0.127. The van der Waals surface area contributed by atoms with Gasteiger partial charge in [0.25, 0.3) is 5.91 Å². The van der Waals surface area contributed by atoms with E-state index in [2.05, 4.69) is 11.7 Å². The standard InChI is InChI=1S/C24H25N5O3/c1-2-20(30)28-14-6-7-17(15-28)29-23(25)21(24(26)31)22(27-29)16-10-12-19(13-11-16)32-18-8-4-3-5-9-18/h2-5,8-13,17H,1,6-7,14-15,25H2,(H2,26,31). The molecule has 1 unspecified atom stereocenters. The van der Waals surface area contributed by atoms with Gasteiger partial charge in [0, 0.05) is 18.7 Å². The van der Waals surface area contributed by atoms with Gasteiger partial charge in [-0.15, -0.1) is 0 Å². The first-order chi connectivity index (χ1) is 15.5. The number of aromatic nitrogens is 2. The van der Waals surface area contributed by atoms with Gasteiger partial charge >= 0.3 is 0 Å². The summed E-state index contributed by atoms with van der Waals surface area (Å²) in [5.41, 5.74) is 13.2. The summed E-state index contributed by atoms with van der Waals surface area (Å²) in [5.74, 6) is 0.796. The van der Waals surface area contributed by atoms with Crippen molar-refractivity contribution in [2.45, 2.75) is 18.9 Å². The number of hydrogen-bond acceptors (Lipinski definition) is 5. The number of rotatable bonds is 6. The van der Waals surface area contributed by atoms with E-state index in [1.807, 2.05) is 42.5 Å². The van der Waals surface area contributed by atoms with Crippen molar-refractivity contribution in [2.75, 3.05) is 18.8 Å². The van der Waals surface area contributed by atoms with E-state index in [0.717, 1.165) is 18.6 Å². The minimum atomic E-state index is -0.650.